The molecule has 230 valence electrons. The van der Waals surface area contributed by atoms with Crippen molar-refractivity contribution in [2.24, 2.45) is 5.73 Å². The first-order chi connectivity index (χ1) is 19.1. The van der Waals surface area contributed by atoms with E-state index in [9.17, 15) is 24.0 Å². The number of nitrogens with one attached hydrogen (secondary N) is 3. The number of hydrogen-bond donors (Lipinski definition) is 4. The summed E-state index contributed by atoms with van der Waals surface area (Å²) in [5, 5.41) is 7.66. The van der Waals surface area contributed by atoms with Gasteiger partial charge in [0.05, 0.1) is 6.04 Å². The van der Waals surface area contributed by atoms with Crippen molar-refractivity contribution in [1.29, 1.82) is 0 Å². The Balaban J connectivity index is 2.62. The third kappa shape index (κ3) is 17.6. The molecule has 0 aliphatic heterocycles. The van der Waals surface area contributed by atoms with Crippen molar-refractivity contribution in [3.8, 4) is 0 Å². The van der Waals surface area contributed by atoms with E-state index in [0.717, 1.165) is 5.56 Å². The second-order valence-electron chi connectivity index (χ2n) is 11.6. The van der Waals surface area contributed by atoms with E-state index in [-0.39, 0.29) is 19.4 Å². The Hall–Kier alpha value is -3.67. The molecule has 0 aromatic heterocycles. The molecule has 1 aromatic rings. The molecule has 12 heteroatoms. The van der Waals surface area contributed by atoms with Crippen LogP contribution in [0.25, 0.3) is 0 Å². The SMILES string of the molecule is CC(C)(C)OC(=O)CNC(=O)C(CCC(=O)OCc1ccccc1)NC(=O)C(N)CCCCNC(=O)OC(C)(C)C. The molecule has 1 aromatic carbocycles. The number of alkyl carbamates (subject to hydrolysis) is 1. The van der Waals surface area contributed by atoms with Crippen LogP contribution >= 0.6 is 0 Å². The highest BCUT2D eigenvalue weighted by Gasteiger charge is 2.26. The van der Waals surface area contributed by atoms with Crippen LogP contribution in [0.2, 0.25) is 0 Å². The van der Waals surface area contributed by atoms with Gasteiger partial charge in [0.25, 0.3) is 0 Å². The Kier molecular flexibility index (Phi) is 14.8. The molecule has 2 unspecified atom stereocenters. The Morgan fingerprint density at radius 1 is 0.805 bits per heavy atom. The summed E-state index contributed by atoms with van der Waals surface area (Å²) in [5.74, 6) is -2.43. The summed E-state index contributed by atoms with van der Waals surface area (Å²) in [4.78, 5) is 61.7. The highest BCUT2D eigenvalue weighted by molar-refractivity contribution is 5.91. The maximum atomic E-state index is 12.8. The minimum absolute atomic E-state index is 0.0634. The number of carbonyl (C=O) groups is 5. The number of amides is 3. The van der Waals surface area contributed by atoms with Crippen LogP contribution in [-0.2, 0) is 40.0 Å². The summed E-state index contributed by atoms with van der Waals surface area (Å²) >= 11 is 0. The molecule has 0 fully saturated rings. The number of benzene rings is 1. The zero-order valence-electron chi connectivity index (χ0n) is 25.0. The summed E-state index contributed by atoms with van der Waals surface area (Å²) in [6, 6.07) is 7.07. The fourth-order valence-corrected chi connectivity index (χ4v) is 3.41. The van der Waals surface area contributed by atoms with Crippen molar-refractivity contribution >= 4 is 29.8 Å². The fourth-order valence-electron chi connectivity index (χ4n) is 3.41. The molecule has 0 bridgehead atoms. The molecular weight excluding hydrogens is 532 g/mol. The number of hydrogen-bond acceptors (Lipinski definition) is 9. The number of carbonyl (C=O) groups excluding carboxylic acids is 5. The van der Waals surface area contributed by atoms with Crippen molar-refractivity contribution in [2.45, 2.75) is 104 Å². The molecule has 2 atom stereocenters. The van der Waals surface area contributed by atoms with Crippen molar-refractivity contribution in [3.63, 3.8) is 0 Å². The molecule has 0 radical (unpaired) electrons. The van der Waals surface area contributed by atoms with Crippen LogP contribution in [-0.4, -0.2) is 66.2 Å². The first-order valence-electron chi connectivity index (χ1n) is 13.8. The monoisotopic (exact) mass is 578 g/mol. The van der Waals surface area contributed by atoms with Crippen molar-refractivity contribution in [2.75, 3.05) is 13.1 Å². The first kappa shape index (κ1) is 35.4. The molecule has 5 N–H and O–H groups in total. The average Bonchev–Trinajstić information content (AvgIpc) is 2.86. The molecule has 1 rings (SSSR count). The van der Waals surface area contributed by atoms with Crippen LogP contribution in [0.1, 0.15) is 79.2 Å². The number of unbranched alkanes of at least 4 members (excludes halogenated alkanes) is 1. The Bertz CT molecular complexity index is 1000. The normalized spacial score (nSPS) is 12.9. The number of nitrogens with two attached hydrogens (primary N) is 1. The third-order valence-corrected chi connectivity index (χ3v) is 5.29. The summed E-state index contributed by atoms with van der Waals surface area (Å²) in [6.07, 6.45) is 0.656. The fraction of sp³-hybridized carbons (Fsp3) is 0.621. The number of esters is 2. The van der Waals surface area contributed by atoms with Gasteiger partial charge in [0.15, 0.2) is 0 Å². The van der Waals surface area contributed by atoms with Gasteiger partial charge in [-0.3, -0.25) is 19.2 Å². The van der Waals surface area contributed by atoms with Crippen LogP contribution in [0.4, 0.5) is 4.79 Å². The van der Waals surface area contributed by atoms with E-state index in [1.807, 2.05) is 30.3 Å². The number of rotatable bonds is 15. The van der Waals surface area contributed by atoms with Gasteiger partial charge < -0.3 is 35.9 Å². The Morgan fingerprint density at radius 3 is 2.05 bits per heavy atom. The maximum absolute atomic E-state index is 12.8. The summed E-state index contributed by atoms with van der Waals surface area (Å²) in [5.41, 5.74) is 5.51. The van der Waals surface area contributed by atoms with E-state index in [0.29, 0.717) is 25.8 Å². The van der Waals surface area contributed by atoms with Gasteiger partial charge >= 0.3 is 18.0 Å². The van der Waals surface area contributed by atoms with Gasteiger partial charge in [0, 0.05) is 13.0 Å². The predicted octanol–water partition coefficient (Wildman–Crippen LogP) is 2.48. The molecule has 0 saturated carbocycles. The summed E-state index contributed by atoms with van der Waals surface area (Å²) in [6.45, 7) is 10.4. The molecule has 0 spiro atoms. The highest BCUT2D eigenvalue weighted by atomic mass is 16.6. The number of ether oxygens (including phenoxy) is 3. The molecular formula is C29H46N4O8. The first-order valence-corrected chi connectivity index (χ1v) is 13.8. The van der Waals surface area contributed by atoms with Crippen LogP contribution in [0.15, 0.2) is 30.3 Å². The Labute approximate surface area is 242 Å². The van der Waals surface area contributed by atoms with E-state index < -0.39 is 59.7 Å². The Morgan fingerprint density at radius 2 is 1.44 bits per heavy atom. The van der Waals surface area contributed by atoms with Gasteiger partial charge in [-0.15, -0.1) is 0 Å². The maximum Gasteiger partial charge on any atom is 0.407 e. The highest BCUT2D eigenvalue weighted by Crippen LogP contribution is 2.09. The second kappa shape index (κ2) is 17.2. The summed E-state index contributed by atoms with van der Waals surface area (Å²) in [7, 11) is 0. The lowest BCUT2D eigenvalue weighted by Crippen LogP contribution is -2.52. The van der Waals surface area contributed by atoms with E-state index in [1.165, 1.54) is 0 Å². The molecule has 12 nitrogen and oxygen atoms in total. The molecule has 41 heavy (non-hydrogen) atoms. The van der Waals surface area contributed by atoms with Crippen LogP contribution < -0.4 is 21.7 Å². The quantitative estimate of drug-likeness (QED) is 0.138. The van der Waals surface area contributed by atoms with Crippen LogP contribution in [0, 0.1) is 0 Å². The van der Waals surface area contributed by atoms with E-state index in [1.54, 1.807) is 41.5 Å². The zero-order valence-corrected chi connectivity index (χ0v) is 25.0. The zero-order chi connectivity index (χ0) is 31.1. The predicted molar refractivity (Wildman–Crippen MR) is 152 cm³/mol. The van der Waals surface area contributed by atoms with Crippen molar-refractivity contribution in [1.82, 2.24) is 16.0 Å². The van der Waals surface area contributed by atoms with Gasteiger partial charge in [-0.25, -0.2) is 4.79 Å². The van der Waals surface area contributed by atoms with Gasteiger partial charge in [-0.2, -0.15) is 0 Å². The van der Waals surface area contributed by atoms with Crippen LogP contribution in [0.5, 0.6) is 0 Å². The largest absolute Gasteiger partial charge is 0.461 e. The molecule has 0 heterocycles. The van der Waals surface area contributed by atoms with Gasteiger partial charge in [-0.05, 0) is 72.8 Å². The topological polar surface area (TPSA) is 175 Å². The average molecular weight is 579 g/mol. The van der Waals surface area contributed by atoms with Crippen LogP contribution in [0.3, 0.4) is 0 Å². The molecule has 3 amide bonds. The van der Waals surface area contributed by atoms with Gasteiger partial charge in [0.2, 0.25) is 11.8 Å². The standard InChI is InChI=1S/C29H46N4O8/c1-28(2,3)40-24(35)18-32-26(37)22(15-16-23(34)39-19-20-12-8-7-9-13-20)33-25(36)21(30)14-10-11-17-31-27(38)41-29(4,5)6/h7-9,12-13,21-22H,10-11,14-19,30H2,1-6H3,(H,31,38)(H,32,37)(H,33,36). The van der Waals surface area contributed by atoms with E-state index in [4.69, 9.17) is 19.9 Å². The minimum Gasteiger partial charge on any atom is -0.461 e. The molecule has 0 saturated heterocycles. The summed E-state index contributed by atoms with van der Waals surface area (Å²) < 4.78 is 15.6. The smallest absolute Gasteiger partial charge is 0.407 e. The lowest BCUT2D eigenvalue weighted by molar-refractivity contribution is -0.154. The van der Waals surface area contributed by atoms with E-state index in [2.05, 4.69) is 16.0 Å². The van der Waals surface area contributed by atoms with Crippen molar-refractivity contribution < 1.29 is 38.2 Å². The van der Waals surface area contributed by atoms with Crippen molar-refractivity contribution in [3.05, 3.63) is 35.9 Å². The lowest BCUT2D eigenvalue weighted by atomic mass is 10.1. The third-order valence-electron chi connectivity index (χ3n) is 5.29. The second-order valence-corrected chi connectivity index (χ2v) is 11.6. The van der Waals surface area contributed by atoms with Gasteiger partial charge in [-0.1, -0.05) is 30.3 Å². The lowest BCUT2D eigenvalue weighted by Gasteiger charge is -2.22. The van der Waals surface area contributed by atoms with Gasteiger partial charge in [0.1, 0.15) is 30.4 Å². The minimum atomic E-state index is -1.13. The molecule has 0 aliphatic carbocycles. The van der Waals surface area contributed by atoms with E-state index >= 15 is 0 Å². The molecule has 0 aliphatic rings.